The van der Waals surface area contributed by atoms with Gasteiger partial charge in [-0.25, -0.2) is 4.79 Å². The fourth-order valence-corrected chi connectivity index (χ4v) is 1.95. The van der Waals surface area contributed by atoms with Crippen LogP contribution in [0.15, 0.2) is 36.7 Å². The number of nitrogens with zero attached hydrogens (tertiary/aromatic N) is 1. The molecule has 20 heavy (non-hydrogen) atoms. The number of pyridine rings is 1. The third kappa shape index (κ3) is 3.26. The predicted molar refractivity (Wildman–Crippen MR) is 79.3 cm³/mol. The summed E-state index contributed by atoms with van der Waals surface area (Å²) in [7, 11) is 1.62. The second-order valence-corrected chi connectivity index (χ2v) is 4.45. The van der Waals surface area contributed by atoms with Crippen LogP contribution < -0.4 is 15.4 Å². The second-order valence-electron chi connectivity index (χ2n) is 4.45. The maximum atomic E-state index is 12.0. The molecule has 0 atom stereocenters. The number of hydrogen-bond donors (Lipinski definition) is 2. The first-order chi connectivity index (χ1) is 9.60. The number of benzene rings is 1. The summed E-state index contributed by atoms with van der Waals surface area (Å²) in [6.45, 7) is 3.86. The van der Waals surface area contributed by atoms with Gasteiger partial charge in [-0.15, -0.1) is 0 Å². The lowest BCUT2D eigenvalue weighted by atomic mass is 10.1. The maximum absolute atomic E-state index is 12.0. The third-order valence-corrected chi connectivity index (χ3v) is 2.92. The predicted octanol–water partition coefficient (Wildman–Crippen LogP) is 3.35. The van der Waals surface area contributed by atoms with Crippen molar-refractivity contribution < 1.29 is 9.53 Å². The Morgan fingerprint density at radius 2 is 1.70 bits per heavy atom. The Labute approximate surface area is 118 Å². The van der Waals surface area contributed by atoms with Crippen molar-refractivity contribution >= 4 is 17.4 Å². The number of ether oxygens (including phenoxy) is 1. The first-order valence-corrected chi connectivity index (χ1v) is 6.23. The molecule has 1 aromatic carbocycles. The van der Waals surface area contributed by atoms with E-state index < -0.39 is 0 Å². The van der Waals surface area contributed by atoms with E-state index in [4.69, 9.17) is 4.74 Å². The first kappa shape index (κ1) is 13.9. The summed E-state index contributed by atoms with van der Waals surface area (Å²) in [5, 5.41) is 5.60. The summed E-state index contributed by atoms with van der Waals surface area (Å²) in [5.74, 6) is 0.778. The summed E-state index contributed by atoms with van der Waals surface area (Å²) in [4.78, 5) is 15.9. The maximum Gasteiger partial charge on any atom is 0.323 e. The van der Waals surface area contributed by atoms with E-state index in [2.05, 4.69) is 15.6 Å². The zero-order valence-corrected chi connectivity index (χ0v) is 11.7. The van der Waals surface area contributed by atoms with Crippen LogP contribution in [0.4, 0.5) is 16.2 Å². The molecule has 0 aliphatic rings. The van der Waals surface area contributed by atoms with Gasteiger partial charge in [0.05, 0.1) is 7.11 Å². The van der Waals surface area contributed by atoms with Crippen molar-refractivity contribution in [2.24, 2.45) is 0 Å². The molecule has 0 unspecified atom stereocenters. The minimum atomic E-state index is -0.285. The van der Waals surface area contributed by atoms with Crippen LogP contribution in [0, 0.1) is 13.8 Å². The topological polar surface area (TPSA) is 63.2 Å². The van der Waals surface area contributed by atoms with Crippen LogP contribution in [0.1, 0.15) is 11.1 Å². The SMILES string of the molecule is COc1cc(C)c(NC(=O)Nc2ccncc2)c(C)c1. The van der Waals surface area contributed by atoms with Crippen molar-refractivity contribution in [1.29, 1.82) is 0 Å². The monoisotopic (exact) mass is 271 g/mol. The van der Waals surface area contributed by atoms with Gasteiger partial charge in [-0.3, -0.25) is 4.98 Å². The third-order valence-electron chi connectivity index (χ3n) is 2.92. The highest BCUT2D eigenvalue weighted by Crippen LogP contribution is 2.26. The highest BCUT2D eigenvalue weighted by atomic mass is 16.5. The van der Waals surface area contributed by atoms with Gasteiger partial charge in [0.2, 0.25) is 0 Å². The molecule has 0 aliphatic heterocycles. The lowest BCUT2D eigenvalue weighted by Crippen LogP contribution is -2.20. The molecule has 5 nitrogen and oxygen atoms in total. The van der Waals surface area contributed by atoms with E-state index in [1.807, 2.05) is 26.0 Å². The lowest BCUT2D eigenvalue weighted by Gasteiger charge is -2.14. The van der Waals surface area contributed by atoms with Gasteiger partial charge >= 0.3 is 6.03 Å². The number of urea groups is 1. The van der Waals surface area contributed by atoms with Crippen molar-refractivity contribution in [2.75, 3.05) is 17.7 Å². The number of hydrogen-bond acceptors (Lipinski definition) is 3. The van der Waals surface area contributed by atoms with Gasteiger partial charge < -0.3 is 15.4 Å². The van der Waals surface area contributed by atoms with Crippen LogP contribution in [-0.4, -0.2) is 18.1 Å². The van der Waals surface area contributed by atoms with Crippen molar-refractivity contribution in [3.8, 4) is 5.75 Å². The van der Waals surface area contributed by atoms with Crippen LogP contribution in [0.3, 0.4) is 0 Å². The number of anilines is 2. The van der Waals surface area contributed by atoms with E-state index in [1.165, 1.54) is 0 Å². The molecule has 0 saturated carbocycles. The molecule has 104 valence electrons. The van der Waals surface area contributed by atoms with Gasteiger partial charge in [0.15, 0.2) is 0 Å². The van der Waals surface area contributed by atoms with Crippen LogP contribution in [0.25, 0.3) is 0 Å². The quantitative estimate of drug-likeness (QED) is 0.899. The molecule has 1 heterocycles. The molecule has 0 spiro atoms. The Morgan fingerprint density at radius 3 is 2.25 bits per heavy atom. The number of carbonyl (C=O) groups is 1. The van der Waals surface area contributed by atoms with E-state index >= 15 is 0 Å². The number of amides is 2. The average Bonchev–Trinajstić information content (AvgIpc) is 2.43. The molecule has 2 rings (SSSR count). The summed E-state index contributed by atoms with van der Waals surface area (Å²) in [6.07, 6.45) is 3.25. The summed E-state index contributed by atoms with van der Waals surface area (Å²) >= 11 is 0. The Balaban J connectivity index is 2.12. The van der Waals surface area contributed by atoms with Crippen molar-refractivity contribution in [1.82, 2.24) is 4.98 Å². The Hall–Kier alpha value is -2.56. The molecule has 5 heteroatoms. The molecule has 0 bridgehead atoms. The van der Waals surface area contributed by atoms with Crippen molar-refractivity contribution in [2.45, 2.75) is 13.8 Å². The standard InChI is InChI=1S/C15H17N3O2/c1-10-8-13(20-3)9-11(2)14(10)18-15(19)17-12-4-6-16-7-5-12/h4-9H,1-3H3,(H2,16,17,18,19). The first-order valence-electron chi connectivity index (χ1n) is 6.23. The largest absolute Gasteiger partial charge is 0.497 e. The number of nitrogens with one attached hydrogen (secondary N) is 2. The van der Waals surface area contributed by atoms with Gasteiger partial charge in [-0.05, 0) is 49.2 Å². The van der Waals surface area contributed by atoms with E-state index in [0.29, 0.717) is 5.69 Å². The molecule has 0 saturated heterocycles. The normalized spacial score (nSPS) is 9.95. The molecule has 0 fully saturated rings. The van der Waals surface area contributed by atoms with Crippen LogP contribution in [-0.2, 0) is 0 Å². The highest BCUT2D eigenvalue weighted by Gasteiger charge is 2.09. The number of aryl methyl sites for hydroxylation is 2. The Kier molecular flexibility index (Phi) is 4.20. The lowest BCUT2D eigenvalue weighted by molar-refractivity contribution is 0.262. The zero-order valence-electron chi connectivity index (χ0n) is 11.7. The molecule has 1 aromatic heterocycles. The van der Waals surface area contributed by atoms with Crippen LogP contribution >= 0.6 is 0 Å². The Morgan fingerprint density at radius 1 is 1.10 bits per heavy atom. The van der Waals surface area contributed by atoms with Crippen molar-refractivity contribution in [3.63, 3.8) is 0 Å². The molecule has 0 radical (unpaired) electrons. The summed E-state index contributed by atoms with van der Waals surface area (Å²) < 4.78 is 5.20. The van der Waals surface area contributed by atoms with Gasteiger partial charge in [-0.1, -0.05) is 0 Å². The minimum Gasteiger partial charge on any atom is -0.497 e. The van der Waals surface area contributed by atoms with Gasteiger partial charge in [0.1, 0.15) is 5.75 Å². The number of aromatic nitrogens is 1. The Bertz CT molecular complexity index is 589. The van der Waals surface area contributed by atoms with E-state index in [-0.39, 0.29) is 6.03 Å². The minimum absolute atomic E-state index is 0.285. The number of rotatable bonds is 3. The van der Waals surface area contributed by atoms with Crippen LogP contribution in [0.2, 0.25) is 0 Å². The van der Waals surface area contributed by atoms with Crippen LogP contribution in [0.5, 0.6) is 5.75 Å². The van der Waals surface area contributed by atoms with Gasteiger partial charge in [-0.2, -0.15) is 0 Å². The molecular weight excluding hydrogens is 254 g/mol. The van der Waals surface area contributed by atoms with E-state index in [9.17, 15) is 4.79 Å². The summed E-state index contributed by atoms with van der Waals surface area (Å²) in [6, 6.07) is 6.94. The molecule has 2 aromatic rings. The molecule has 2 N–H and O–H groups in total. The highest BCUT2D eigenvalue weighted by molar-refractivity contribution is 6.00. The molecule has 0 aliphatic carbocycles. The van der Waals surface area contributed by atoms with Gasteiger partial charge in [0, 0.05) is 23.8 Å². The second kappa shape index (κ2) is 6.06. The summed E-state index contributed by atoms with van der Waals surface area (Å²) in [5.41, 5.74) is 3.39. The zero-order chi connectivity index (χ0) is 14.5. The number of carbonyl (C=O) groups excluding carboxylic acids is 1. The van der Waals surface area contributed by atoms with Gasteiger partial charge in [0.25, 0.3) is 0 Å². The smallest absolute Gasteiger partial charge is 0.323 e. The van der Waals surface area contributed by atoms with Crippen molar-refractivity contribution in [3.05, 3.63) is 47.8 Å². The molecular formula is C15H17N3O2. The fourth-order valence-electron chi connectivity index (χ4n) is 1.95. The van der Waals surface area contributed by atoms with E-state index in [0.717, 1.165) is 22.6 Å². The number of methoxy groups -OCH3 is 1. The fraction of sp³-hybridized carbons (Fsp3) is 0.200. The average molecular weight is 271 g/mol. The molecule has 2 amide bonds. The van der Waals surface area contributed by atoms with E-state index in [1.54, 1.807) is 31.6 Å².